The summed E-state index contributed by atoms with van der Waals surface area (Å²) >= 11 is 0. The largest absolute Gasteiger partial charge is 0.394 e. The van der Waals surface area contributed by atoms with Crippen LogP contribution in [-0.2, 0) is 11.3 Å². The number of aromatic nitrogens is 4. The quantitative estimate of drug-likeness (QED) is 0.517. The van der Waals surface area contributed by atoms with E-state index < -0.39 is 24.7 Å². The number of hydrogen-bond donors (Lipinski definition) is 4. The molecule has 10 nitrogen and oxygen atoms in total. The van der Waals surface area contributed by atoms with E-state index in [1.165, 1.54) is 10.9 Å². The van der Waals surface area contributed by atoms with Crippen molar-refractivity contribution in [1.29, 1.82) is 0 Å². The van der Waals surface area contributed by atoms with E-state index in [0.29, 0.717) is 18.6 Å². The van der Waals surface area contributed by atoms with Crippen molar-refractivity contribution in [3.8, 4) is 0 Å². The Balaban J connectivity index is 1.79. The number of aliphatic hydroxyl groups is 3. The van der Waals surface area contributed by atoms with Crippen molar-refractivity contribution in [3.63, 3.8) is 0 Å². The van der Waals surface area contributed by atoms with Crippen molar-refractivity contribution in [3.05, 3.63) is 16.7 Å². The molecular formula is C13H17N5O5. The van der Waals surface area contributed by atoms with Crippen LogP contribution in [-0.4, -0.2) is 59.5 Å². The van der Waals surface area contributed by atoms with Gasteiger partial charge in [0.2, 0.25) is 5.95 Å². The highest BCUT2D eigenvalue weighted by molar-refractivity contribution is 5.71. The molecule has 0 aliphatic carbocycles. The van der Waals surface area contributed by atoms with Crippen molar-refractivity contribution in [2.45, 2.75) is 44.1 Å². The predicted octanol–water partition coefficient (Wildman–Crippen LogP) is -1.63. The van der Waals surface area contributed by atoms with Crippen molar-refractivity contribution in [2.75, 3.05) is 11.9 Å². The minimum Gasteiger partial charge on any atom is -0.394 e. The van der Waals surface area contributed by atoms with Crippen molar-refractivity contribution in [2.24, 2.45) is 0 Å². The molecule has 124 valence electrons. The number of aliphatic hydroxyl groups excluding tert-OH is 3. The third-order valence-corrected chi connectivity index (χ3v) is 4.30. The third kappa shape index (κ3) is 2.22. The third-order valence-electron chi connectivity index (χ3n) is 4.30. The van der Waals surface area contributed by atoms with E-state index in [1.54, 1.807) is 4.57 Å². The van der Waals surface area contributed by atoms with Gasteiger partial charge in [0.1, 0.15) is 18.6 Å². The molecular weight excluding hydrogens is 306 g/mol. The Kier molecular flexibility index (Phi) is 3.34. The molecule has 0 saturated carbocycles. The van der Waals surface area contributed by atoms with Gasteiger partial charge in [0.25, 0.3) is 5.56 Å². The maximum Gasteiger partial charge on any atom is 0.283 e. The molecule has 0 bridgehead atoms. The van der Waals surface area contributed by atoms with Crippen LogP contribution in [0.1, 0.15) is 19.1 Å². The fraction of sp³-hybridized carbons (Fsp3) is 0.615. The zero-order valence-electron chi connectivity index (χ0n) is 12.2. The van der Waals surface area contributed by atoms with Gasteiger partial charge in [-0.3, -0.25) is 13.9 Å². The molecule has 1 saturated heterocycles. The molecule has 2 aromatic heterocycles. The van der Waals surface area contributed by atoms with E-state index >= 15 is 0 Å². The zero-order valence-corrected chi connectivity index (χ0v) is 12.2. The molecule has 2 aliphatic rings. The number of ether oxygens (including phenoxy) is 1. The summed E-state index contributed by atoms with van der Waals surface area (Å²) in [6, 6.07) is 0. The van der Waals surface area contributed by atoms with E-state index in [-0.39, 0.29) is 30.1 Å². The highest BCUT2D eigenvalue weighted by atomic mass is 16.5. The minimum atomic E-state index is -0.791. The molecule has 4 atom stereocenters. The average molecular weight is 323 g/mol. The van der Waals surface area contributed by atoms with Crippen molar-refractivity contribution < 1.29 is 20.1 Å². The number of hydrogen-bond acceptors (Lipinski definition) is 8. The Bertz CT molecular complexity index is 802. The second kappa shape index (κ2) is 5.27. The molecule has 4 heterocycles. The number of imidazole rings is 1. The summed E-state index contributed by atoms with van der Waals surface area (Å²) in [5.74, 6) is 0.278. The number of nitrogens with one attached hydrogen (secondary N) is 1. The zero-order chi connectivity index (χ0) is 16.1. The Morgan fingerprint density at radius 3 is 3.00 bits per heavy atom. The fourth-order valence-corrected chi connectivity index (χ4v) is 3.05. The maximum absolute atomic E-state index is 12.5. The topological polar surface area (TPSA) is 135 Å². The van der Waals surface area contributed by atoms with Gasteiger partial charge in [0, 0.05) is 19.4 Å². The van der Waals surface area contributed by atoms with Crippen LogP contribution in [0.25, 0.3) is 11.2 Å². The lowest BCUT2D eigenvalue weighted by molar-refractivity contribution is -0.0432. The first kappa shape index (κ1) is 14.6. The van der Waals surface area contributed by atoms with Gasteiger partial charge in [-0.1, -0.05) is 0 Å². The van der Waals surface area contributed by atoms with Crippen LogP contribution < -0.4 is 10.9 Å². The molecule has 10 heteroatoms. The Morgan fingerprint density at radius 1 is 1.43 bits per heavy atom. The van der Waals surface area contributed by atoms with Crippen LogP contribution in [0, 0.1) is 0 Å². The summed E-state index contributed by atoms with van der Waals surface area (Å²) in [5.41, 5.74) is 0.233. The highest BCUT2D eigenvalue weighted by Crippen LogP contribution is 2.30. The van der Waals surface area contributed by atoms with Gasteiger partial charge in [-0.15, -0.1) is 0 Å². The lowest BCUT2D eigenvalue weighted by Crippen LogP contribution is -2.36. The number of rotatable bonds is 2. The van der Waals surface area contributed by atoms with Crippen LogP contribution in [0.5, 0.6) is 0 Å². The summed E-state index contributed by atoms with van der Waals surface area (Å²) in [6.45, 7) is 0.0763. The first-order valence-corrected chi connectivity index (χ1v) is 7.45. The predicted molar refractivity (Wildman–Crippen MR) is 77.7 cm³/mol. The SMILES string of the molecule is O=c1c2ncn([C@H]3C[C@H](O)[C@@H](CO)O3)c2nc2n1CCC(O)N2. The van der Waals surface area contributed by atoms with Gasteiger partial charge in [-0.2, -0.15) is 4.98 Å². The molecule has 23 heavy (non-hydrogen) atoms. The molecule has 1 unspecified atom stereocenters. The molecule has 0 radical (unpaired) electrons. The number of fused-ring (bicyclic) bond motifs is 2. The Morgan fingerprint density at radius 2 is 2.26 bits per heavy atom. The van der Waals surface area contributed by atoms with Crippen LogP contribution in [0.4, 0.5) is 5.95 Å². The summed E-state index contributed by atoms with van der Waals surface area (Å²) in [7, 11) is 0. The van der Waals surface area contributed by atoms with Gasteiger partial charge < -0.3 is 25.4 Å². The van der Waals surface area contributed by atoms with Gasteiger partial charge in [-0.25, -0.2) is 4.98 Å². The smallest absolute Gasteiger partial charge is 0.283 e. The van der Waals surface area contributed by atoms with Crippen molar-refractivity contribution >= 4 is 17.1 Å². The molecule has 4 rings (SSSR count). The minimum absolute atomic E-state index is 0.206. The summed E-state index contributed by atoms with van der Waals surface area (Å²) < 4.78 is 8.59. The maximum atomic E-state index is 12.5. The molecule has 2 aliphatic heterocycles. The van der Waals surface area contributed by atoms with Crippen LogP contribution in [0.2, 0.25) is 0 Å². The molecule has 2 aromatic rings. The summed E-state index contributed by atoms with van der Waals surface area (Å²) in [6.07, 6.45) is -0.644. The summed E-state index contributed by atoms with van der Waals surface area (Å²) in [5, 5.41) is 31.5. The van der Waals surface area contributed by atoms with E-state index in [4.69, 9.17) is 4.74 Å². The van der Waals surface area contributed by atoms with Crippen LogP contribution >= 0.6 is 0 Å². The van der Waals surface area contributed by atoms with Crippen molar-refractivity contribution in [1.82, 2.24) is 19.1 Å². The standard InChI is InChI=1S/C13H17N5O5/c19-4-7-6(20)3-9(23-7)18-5-14-10-11(18)16-13-15-8(21)1-2-17(13)12(10)22/h5-9,19-21H,1-4H2,(H,15,16)/t6-,7+,8?,9+/m0/s1. The second-order valence-electron chi connectivity index (χ2n) is 5.78. The van der Waals surface area contributed by atoms with E-state index in [0.717, 1.165) is 0 Å². The lowest BCUT2D eigenvalue weighted by Gasteiger charge is -2.23. The van der Waals surface area contributed by atoms with Crippen LogP contribution in [0.3, 0.4) is 0 Å². The van der Waals surface area contributed by atoms with Crippen LogP contribution in [0.15, 0.2) is 11.1 Å². The van der Waals surface area contributed by atoms with E-state index in [9.17, 15) is 20.1 Å². The Labute approximate surface area is 130 Å². The lowest BCUT2D eigenvalue weighted by atomic mass is 10.2. The first-order chi connectivity index (χ1) is 11.1. The monoisotopic (exact) mass is 323 g/mol. The van der Waals surface area contributed by atoms with Gasteiger partial charge in [0.15, 0.2) is 11.2 Å². The van der Waals surface area contributed by atoms with Gasteiger partial charge in [0.05, 0.1) is 19.0 Å². The first-order valence-electron chi connectivity index (χ1n) is 7.45. The fourth-order valence-electron chi connectivity index (χ4n) is 3.05. The molecule has 0 aromatic carbocycles. The van der Waals surface area contributed by atoms with Gasteiger partial charge >= 0.3 is 0 Å². The normalized spacial score (nSPS) is 30.4. The number of nitrogens with zero attached hydrogens (tertiary/aromatic N) is 4. The van der Waals surface area contributed by atoms with Gasteiger partial charge in [-0.05, 0) is 0 Å². The number of anilines is 1. The van der Waals surface area contributed by atoms with E-state index in [1.807, 2.05) is 0 Å². The average Bonchev–Trinajstić information content (AvgIpc) is 3.10. The molecule has 1 fully saturated rings. The second-order valence-corrected chi connectivity index (χ2v) is 5.78. The molecule has 4 N–H and O–H groups in total. The highest BCUT2D eigenvalue weighted by Gasteiger charge is 2.35. The molecule has 0 spiro atoms. The summed E-state index contributed by atoms with van der Waals surface area (Å²) in [4.78, 5) is 21.0. The molecule has 0 amide bonds. The Hall–Kier alpha value is -2.01. The van der Waals surface area contributed by atoms with E-state index in [2.05, 4.69) is 15.3 Å².